The molecule has 1 saturated heterocycles. The number of nitrogens with zero attached hydrogens (tertiary/aromatic N) is 2. The maximum absolute atomic E-state index is 13.3. The number of hydrogen-bond donors (Lipinski definition) is 1. The molecule has 29 heavy (non-hydrogen) atoms. The van der Waals surface area contributed by atoms with Crippen molar-refractivity contribution in [3.63, 3.8) is 0 Å². The number of aliphatic imine (C=N–C) groups is 1. The fourth-order valence-electron chi connectivity index (χ4n) is 3.81. The molecule has 2 aromatic rings. The predicted octanol–water partition coefficient (Wildman–Crippen LogP) is 3.92. The van der Waals surface area contributed by atoms with Crippen LogP contribution in [-0.2, 0) is 16.0 Å². The number of halogens is 1. The lowest BCUT2D eigenvalue weighted by molar-refractivity contribution is -0.115. The number of hydrogen-bond acceptors (Lipinski definition) is 4. The molecular weight excluding hydrogens is 369 g/mol. The van der Waals surface area contributed by atoms with Crippen LogP contribution < -0.4 is 5.32 Å². The molecule has 5 nitrogen and oxygen atoms in total. The zero-order valence-corrected chi connectivity index (χ0v) is 16.4. The van der Waals surface area contributed by atoms with E-state index >= 15 is 0 Å². The zero-order valence-electron chi connectivity index (χ0n) is 16.4. The van der Waals surface area contributed by atoms with Crippen molar-refractivity contribution in [1.82, 2.24) is 4.90 Å². The van der Waals surface area contributed by atoms with Crippen molar-refractivity contribution in [2.75, 3.05) is 38.2 Å². The molecule has 0 spiro atoms. The van der Waals surface area contributed by atoms with Gasteiger partial charge in [0.1, 0.15) is 11.7 Å². The first-order chi connectivity index (χ1) is 14.2. The summed E-state index contributed by atoms with van der Waals surface area (Å²) in [4.78, 5) is 19.1. The molecule has 2 heterocycles. The van der Waals surface area contributed by atoms with Crippen LogP contribution in [0.1, 0.15) is 29.9 Å². The van der Waals surface area contributed by atoms with Crippen LogP contribution in [0.3, 0.4) is 0 Å². The molecule has 0 aliphatic carbocycles. The standard InChI is InChI=1S/C23H26FN3O2/c24-18-6-9-20-21(23(28)26-22(20)15-18)16-25-19-7-4-17(5-8-19)3-1-2-10-27-11-13-29-14-12-27/h4-9,15-16,21H,1-3,10-14H2,(H,26,28). The maximum atomic E-state index is 13.3. The van der Waals surface area contributed by atoms with E-state index in [2.05, 4.69) is 27.3 Å². The number of carbonyl (C=O) groups is 1. The molecule has 1 fully saturated rings. The minimum Gasteiger partial charge on any atom is -0.379 e. The van der Waals surface area contributed by atoms with Crippen molar-refractivity contribution in [1.29, 1.82) is 0 Å². The first-order valence-electron chi connectivity index (χ1n) is 10.2. The number of aryl methyl sites for hydroxylation is 1. The van der Waals surface area contributed by atoms with E-state index in [1.54, 1.807) is 12.3 Å². The van der Waals surface area contributed by atoms with Gasteiger partial charge < -0.3 is 10.1 Å². The zero-order chi connectivity index (χ0) is 20.1. The molecule has 1 unspecified atom stereocenters. The van der Waals surface area contributed by atoms with Crippen LogP contribution in [0.2, 0.25) is 0 Å². The minimum absolute atomic E-state index is 0.175. The van der Waals surface area contributed by atoms with Crippen LogP contribution in [0.25, 0.3) is 0 Å². The van der Waals surface area contributed by atoms with Crippen LogP contribution in [-0.4, -0.2) is 49.9 Å². The van der Waals surface area contributed by atoms with E-state index in [0.29, 0.717) is 5.69 Å². The van der Waals surface area contributed by atoms with Gasteiger partial charge in [-0.1, -0.05) is 18.2 Å². The number of rotatable bonds is 7. The smallest absolute Gasteiger partial charge is 0.237 e. The third kappa shape index (κ3) is 5.08. The van der Waals surface area contributed by atoms with Gasteiger partial charge in [-0.3, -0.25) is 14.7 Å². The molecule has 0 aromatic heterocycles. The number of amides is 1. The van der Waals surface area contributed by atoms with E-state index in [1.807, 2.05) is 12.1 Å². The Hall–Kier alpha value is -2.57. The van der Waals surface area contributed by atoms with Crippen LogP contribution in [0.15, 0.2) is 47.5 Å². The van der Waals surface area contributed by atoms with Gasteiger partial charge in [-0.2, -0.15) is 0 Å². The highest BCUT2D eigenvalue weighted by Gasteiger charge is 2.29. The van der Waals surface area contributed by atoms with Crippen LogP contribution in [0, 0.1) is 5.82 Å². The molecular formula is C23H26FN3O2. The molecule has 152 valence electrons. The maximum Gasteiger partial charge on any atom is 0.237 e. The highest BCUT2D eigenvalue weighted by atomic mass is 19.1. The van der Waals surface area contributed by atoms with Crippen molar-refractivity contribution in [2.45, 2.75) is 25.2 Å². The van der Waals surface area contributed by atoms with Gasteiger partial charge in [-0.05, 0) is 61.2 Å². The Balaban J connectivity index is 1.28. The second kappa shape index (κ2) is 9.29. The molecule has 2 aliphatic rings. The lowest BCUT2D eigenvalue weighted by Crippen LogP contribution is -2.36. The van der Waals surface area contributed by atoms with Crippen LogP contribution in [0.5, 0.6) is 0 Å². The number of fused-ring (bicyclic) bond motifs is 1. The summed E-state index contributed by atoms with van der Waals surface area (Å²) >= 11 is 0. The molecule has 0 radical (unpaired) electrons. The van der Waals surface area contributed by atoms with Gasteiger partial charge in [0.2, 0.25) is 5.91 Å². The Bertz CT molecular complexity index is 876. The molecule has 2 aromatic carbocycles. The van der Waals surface area contributed by atoms with Gasteiger partial charge in [0.25, 0.3) is 0 Å². The first kappa shape index (κ1) is 19.7. The van der Waals surface area contributed by atoms with E-state index < -0.39 is 5.92 Å². The van der Waals surface area contributed by atoms with Gasteiger partial charge >= 0.3 is 0 Å². The number of benzene rings is 2. The van der Waals surface area contributed by atoms with Crippen molar-refractivity contribution < 1.29 is 13.9 Å². The molecule has 1 N–H and O–H groups in total. The molecule has 2 aliphatic heterocycles. The molecule has 0 bridgehead atoms. The Morgan fingerprint density at radius 1 is 1.14 bits per heavy atom. The Labute approximate surface area is 170 Å². The Morgan fingerprint density at radius 2 is 1.93 bits per heavy atom. The summed E-state index contributed by atoms with van der Waals surface area (Å²) in [5.41, 5.74) is 3.40. The highest BCUT2D eigenvalue weighted by Crippen LogP contribution is 2.32. The van der Waals surface area contributed by atoms with Gasteiger partial charge in [-0.15, -0.1) is 0 Å². The normalized spacial score (nSPS) is 19.5. The summed E-state index contributed by atoms with van der Waals surface area (Å²) < 4.78 is 18.7. The molecule has 4 rings (SSSR count). The van der Waals surface area contributed by atoms with Crippen LogP contribution in [0.4, 0.5) is 15.8 Å². The summed E-state index contributed by atoms with van der Waals surface area (Å²) in [6, 6.07) is 12.5. The predicted molar refractivity (Wildman–Crippen MR) is 113 cm³/mol. The lowest BCUT2D eigenvalue weighted by Gasteiger charge is -2.26. The minimum atomic E-state index is -0.481. The molecule has 1 amide bonds. The number of anilines is 1. The number of unbranched alkanes of at least 4 members (excludes halogenated alkanes) is 1. The van der Waals surface area contributed by atoms with E-state index in [0.717, 1.165) is 56.9 Å². The molecule has 6 heteroatoms. The van der Waals surface area contributed by atoms with Crippen LogP contribution >= 0.6 is 0 Å². The van der Waals surface area contributed by atoms with Gasteiger partial charge in [-0.25, -0.2) is 4.39 Å². The largest absolute Gasteiger partial charge is 0.379 e. The summed E-state index contributed by atoms with van der Waals surface area (Å²) in [7, 11) is 0. The number of ether oxygens (including phenoxy) is 1. The number of morpholine rings is 1. The van der Waals surface area contributed by atoms with E-state index in [4.69, 9.17) is 4.74 Å². The highest BCUT2D eigenvalue weighted by molar-refractivity contribution is 6.12. The van der Waals surface area contributed by atoms with E-state index in [9.17, 15) is 9.18 Å². The lowest BCUT2D eigenvalue weighted by atomic mass is 10.0. The second-order valence-electron chi connectivity index (χ2n) is 7.55. The summed E-state index contributed by atoms with van der Waals surface area (Å²) in [5, 5.41) is 2.71. The number of carbonyl (C=O) groups excluding carboxylic acids is 1. The SMILES string of the molecule is O=C1Nc2cc(F)ccc2C1C=Nc1ccc(CCCCN2CCOCC2)cc1. The average Bonchev–Trinajstić information content (AvgIpc) is 3.05. The average molecular weight is 395 g/mol. The quantitative estimate of drug-likeness (QED) is 0.571. The van der Waals surface area contributed by atoms with Crippen molar-refractivity contribution in [2.24, 2.45) is 4.99 Å². The molecule has 0 saturated carbocycles. The summed E-state index contributed by atoms with van der Waals surface area (Å²) in [6.45, 7) is 4.94. The topological polar surface area (TPSA) is 53.9 Å². The van der Waals surface area contributed by atoms with Crippen molar-refractivity contribution >= 4 is 23.5 Å². The van der Waals surface area contributed by atoms with E-state index in [1.165, 1.54) is 24.1 Å². The fraction of sp³-hybridized carbons (Fsp3) is 0.391. The monoisotopic (exact) mass is 395 g/mol. The summed E-state index contributed by atoms with van der Waals surface area (Å²) in [6.07, 6.45) is 5.04. The van der Waals surface area contributed by atoms with Crippen molar-refractivity contribution in [3.05, 3.63) is 59.4 Å². The third-order valence-corrected chi connectivity index (χ3v) is 5.49. The van der Waals surface area contributed by atoms with Gasteiger partial charge in [0.15, 0.2) is 0 Å². The van der Waals surface area contributed by atoms with E-state index in [-0.39, 0.29) is 11.7 Å². The Kier molecular flexibility index (Phi) is 6.32. The van der Waals surface area contributed by atoms with Gasteiger partial charge in [0, 0.05) is 25.0 Å². The van der Waals surface area contributed by atoms with Gasteiger partial charge in [0.05, 0.1) is 18.9 Å². The van der Waals surface area contributed by atoms with Crippen molar-refractivity contribution in [3.8, 4) is 0 Å². The molecule has 1 atom stereocenters. The summed E-state index contributed by atoms with van der Waals surface area (Å²) in [5.74, 6) is -1.01. The first-order valence-corrected chi connectivity index (χ1v) is 10.2. The Morgan fingerprint density at radius 3 is 2.72 bits per heavy atom. The third-order valence-electron chi connectivity index (χ3n) is 5.49. The number of nitrogens with one attached hydrogen (secondary N) is 1. The fourth-order valence-corrected chi connectivity index (χ4v) is 3.81. The second-order valence-corrected chi connectivity index (χ2v) is 7.55.